The first kappa shape index (κ1) is 7.30. The minimum atomic E-state index is 0.259. The van der Waals surface area contributed by atoms with Crippen molar-refractivity contribution in [2.24, 2.45) is 0 Å². The molecule has 0 aliphatic carbocycles. The second-order valence-corrected chi connectivity index (χ2v) is 1.96. The Morgan fingerprint density at radius 2 is 2.27 bits per heavy atom. The molecule has 1 aromatic rings. The van der Waals surface area contributed by atoms with Crippen molar-refractivity contribution in [2.75, 3.05) is 0 Å². The highest BCUT2D eigenvalue weighted by atomic mass is 15.1. The molecule has 1 heterocycles. The number of nitrogens with zero attached hydrogens (tertiary/aromatic N) is 4. The summed E-state index contributed by atoms with van der Waals surface area (Å²) in [6.07, 6.45) is 3.54. The van der Waals surface area contributed by atoms with Crippen molar-refractivity contribution in [1.29, 1.82) is 10.5 Å². The molecule has 1 aromatic heterocycles. The first-order chi connectivity index (χ1) is 5.38. The third-order valence-corrected chi connectivity index (χ3v) is 1.28. The van der Waals surface area contributed by atoms with Crippen LogP contribution in [0.1, 0.15) is 5.82 Å². The Morgan fingerprint density at radius 1 is 1.45 bits per heavy atom. The number of imidazole rings is 1. The van der Waals surface area contributed by atoms with Crippen molar-refractivity contribution >= 4 is 0 Å². The highest BCUT2D eigenvalue weighted by Crippen LogP contribution is 1.96. The van der Waals surface area contributed by atoms with Crippen molar-refractivity contribution in [3.05, 3.63) is 18.2 Å². The quantitative estimate of drug-likeness (QED) is 0.609. The van der Waals surface area contributed by atoms with E-state index < -0.39 is 0 Å². The summed E-state index contributed by atoms with van der Waals surface area (Å²) in [6.45, 7) is 0.261. The molecule has 0 bridgehead atoms. The zero-order valence-electron chi connectivity index (χ0n) is 5.86. The fraction of sp³-hybridized carbons (Fsp3) is 0.286. The Kier molecular flexibility index (Phi) is 2.24. The smallest absolute Gasteiger partial charge is 0.123 e. The van der Waals surface area contributed by atoms with E-state index in [1.807, 2.05) is 12.1 Å². The van der Waals surface area contributed by atoms with E-state index in [1.165, 1.54) is 0 Å². The summed E-state index contributed by atoms with van der Waals surface area (Å²) in [4.78, 5) is 3.91. The van der Waals surface area contributed by atoms with Gasteiger partial charge >= 0.3 is 0 Å². The Labute approximate surface area is 64.3 Å². The monoisotopic (exact) mass is 146 g/mol. The van der Waals surface area contributed by atoms with Gasteiger partial charge in [-0.2, -0.15) is 10.5 Å². The van der Waals surface area contributed by atoms with E-state index in [0.29, 0.717) is 5.82 Å². The van der Waals surface area contributed by atoms with E-state index in [2.05, 4.69) is 4.98 Å². The summed E-state index contributed by atoms with van der Waals surface area (Å²) in [6, 6.07) is 3.96. The topological polar surface area (TPSA) is 65.4 Å². The fourth-order valence-corrected chi connectivity index (χ4v) is 0.798. The number of nitriles is 2. The van der Waals surface area contributed by atoms with Crippen LogP contribution in [0.3, 0.4) is 0 Å². The van der Waals surface area contributed by atoms with Crippen LogP contribution in [0.4, 0.5) is 0 Å². The Morgan fingerprint density at radius 3 is 2.91 bits per heavy atom. The predicted molar refractivity (Wildman–Crippen MR) is 37.2 cm³/mol. The maximum absolute atomic E-state index is 8.35. The van der Waals surface area contributed by atoms with Crippen LogP contribution >= 0.6 is 0 Å². The van der Waals surface area contributed by atoms with Gasteiger partial charge in [-0.25, -0.2) is 4.98 Å². The van der Waals surface area contributed by atoms with Crippen LogP contribution < -0.4 is 0 Å². The van der Waals surface area contributed by atoms with Gasteiger partial charge in [-0.05, 0) is 0 Å². The molecule has 0 atom stereocenters. The van der Waals surface area contributed by atoms with Crippen molar-refractivity contribution in [1.82, 2.24) is 9.55 Å². The molecule has 1 rings (SSSR count). The largest absolute Gasteiger partial charge is 0.320 e. The Bertz CT molecular complexity index is 281. The van der Waals surface area contributed by atoms with Crippen LogP contribution in [0.25, 0.3) is 0 Å². The summed E-state index contributed by atoms with van der Waals surface area (Å²) in [7, 11) is 0. The second kappa shape index (κ2) is 3.38. The molecule has 54 valence electrons. The number of rotatable bonds is 2. The average molecular weight is 146 g/mol. The van der Waals surface area contributed by atoms with Gasteiger partial charge in [0.05, 0.1) is 18.6 Å². The normalized spacial score (nSPS) is 8.55. The molecule has 0 unspecified atom stereocenters. The van der Waals surface area contributed by atoms with Gasteiger partial charge in [-0.1, -0.05) is 0 Å². The van der Waals surface area contributed by atoms with Crippen LogP contribution in [-0.4, -0.2) is 9.55 Å². The van der Waals surface area contributed by atoms with Crippen LogP contribution in [0.2, 0.25) is 0 Å². The molecule has 0 fully saturated rings. The van der Waals surface area contributed by atoms with Gasteiger partial charge in [0, 0.05) is 12.4 Å². The summed E-state index contributed by atoms with van der Waals surface area (Å²) in [5.41, 5.74) is 0. The molecule has 0 radical (unpaired) electrons. The molecule has 0 N–H and O–H groups in total. The van der Waals surface area contributed by atoms with E-state index in [4.69, 9.17) is 10.5 Å². The molecule has 0 aliphatic rings. The average Bonchev–Trinajstić information content (AvgIpc) is 2.39. The standard InChI is InChI=1S/C7H6N4/c8-2-1-7-10-4-6-11(7)5-3-9/h4,6H,1,5H2. The Balaban J connectivity index is 2.82. The minimum absolute atomic E-state index is 0.259. The van der Waals surface area contributed by atoms with Gasteiger partial charge in [0.1, 0.15) is 12.4 Å². The van der Waals surface area contributed by atoms with Gasteiger partial charge in [0.15, 0.2) is 0 Å². The fourth-order valence-electron chi connectivity index (χ4n) is 0.798. The van der Waals surface area contributed by atoms with Gasteiger partial charge in [0.2, 0.25) is 0 Å². The number of hydrogen-bond donors (Lipinski definition) is 0. The van der Waals surface area contributed by atoms with Gasteiger partial charge < -0.3 is 4.57 Å². The molecule has 4 nitrogen and oxygen atoms in total. The van der Waals surface area contributed by atoms with E-state index in [-0.39, 0.29) is 13.0 Å². The van der Waals surface area contributed by atoms with Crippen LogP contribution in [-0.2, 0) is 13.0 Å². The summed E-state index contributed by atoms with van der Waals surface area (Å²) in [5.74, 6) is 0.647. The zero-order valence-corrected chi connectivity index (χ0v) is 5.86. The summed E-state index contributed by atoms with van der Waals surface area (Å²) >= 11 is 0. The maximum atomic E-state index is 8.35. The first-order valence-corrected chi connectivity index (χ1v) is 3.12. The number of hydrogen-bond acceptors (Lipinski definition) is 3. The zero-order chi connectivity index (χ0) is 8.10. The maximum Gasteiger partial charge on any atom is 0.123 e. The van der Waals surface area contributed by atoms with Gasteiger partial charge in [-0.3, -0.25) is 0 Å². The number of aromatic nitrogens is 2. The third-order valence-electron chi connectivity index (χ3n) is 1.28. The van der Waals surface area contributed by atoms with Crippen LogP contribution in [0, 0.1) is 22.7 Å². The van der Waals surface area contributed by atoms with Crippen molar-refractivity contribution in [3.8, 4) is 12.1 Å². The summed E-state index contributed by atoms with van der Waals surface area (Å²) in [5, 5.41) is 16.7. The SMILES string of the molecule is N#CCc1nccn1CC#N. The molecule has 0 aromatic carbocycles. The molecule has 4 heteroatoms. The molecular weight excluding hydrogens is 140 g/mol. The van der Waals surface area contributed by atoms with Crippen molar-refractivity contribution in [3.63, 3.8) is 0 Å². The second-order valence-electron chi connectivity index (χ2n) is 1.96. The third kappa shape index (κ3) is 1.56. The lowest BCUT2D eigenvalue weighted by atomic mass is 10.4. The molecular formula is C7H6N4. The highest BCUT2D eigenvalue weighted by molar-refractivity contribution is 5.00. The lowest BCUT2D eigenvalue weighted by Gasteiger charge is -1.96. The molecule has 11 heavy (non-hydrogen) atoms. The van der Waals surface area contributed by atoms with Crippen LogP contribution in [0.5, 0.6) is 0 Å². The van der Waals surface area contributed by atoms with Crippen molar-refractivity contribution < 1.29 is 0 Å². The van der Waals surface area contributed by atoms with Crippen LogP contribution in [0.15, 0.2) is 12.4 Å². The van der Waals surface area contributed by atoms with E-state index in [1.54, 1.807) is 17.0 Å². The van der Waals surface area contributed by atoms with Gasteiger partial charge in [0.25, 0.3) is 0 Å². The van der Waals surface area contributed by atoms with E-state index in [0.717, 1.165) is 0 Å². The van der Waals surface area contributed by atoms with Gasteiger partial charge in [-0.15, -0.1) is 0 Å². The molecule has 0 amide bonds. The lowest BCUT2D eigenvalue weighted by molar-refractivity contribution is 0.772. The first-order valence-electron chi connectivity index (χ1n) is 3.12. The molecule has 0 aliphatic heterocycles. The van der Waals surface area contributed by atoms with Crippen molar-refractivity contribution in [2.45, 2.75) is 13.0 Å². The predicted octanol–water partition coefficient (Wildman–Crippen LogP) is 0.473. The minimum Gasteiger partial charge on any atom is -0.320 e. The lowest BCUT2D eigenvalue weighted by Crippen LogP contribution is -2.00. The molecule has 0 saturated heterocycles. The Hall–Kier alpha value is -1.81. The molecule has 0 spiro atoms. The summed E-state index contributed by atoms with van der Waals surface area (Å²) < 4.78 is 1.66. The molecule has 0 saturated carbocycles. The highest BCUT2D eigenvalue weighted by Gasteiger charge is 1.99. The van der Waals surface area contributed by atoms with E-state index in [9.17, 15) is 0 Å². The van der Waals surface area contributed by atoms with E-state index >= 15 is 0 Å².